The minimum absolute atomic E-state index is 0.647. The summed E-state index contributed by atoms with van der Waals surface area (Å²) in [7, 11) is -4.29. The minimum atomic E-state index is -4.29. The summed E-state index contributed by atoms with van der Waals surface area (Å²) in [6, 6.07) is 17.0. The van der Waals surface area contributed by atoms with E-state index < -0.39 is 34.1 Å². The summed E-state index contributed by atoms with van der Waals surface area (Å²) in [5.41, 5.74) is 0.475. The Morgan fingerprint density at radius 3 is 1.96 bits per heavy atom. The molecule has 1 fully saturated rings. The zero-order valence-corrected chi connectivity index (χ0v) is 15.6. The molecule has 2 aromatic rings. The van der Waals surface area contributed by atoms with E-state index >= 15 is 0 Å². The number of nitrogens with zero attached hydrogens (tertiary/aromatic N) is 1. The highest BCUT2D eigenvalue weighted by Crippen LogP contribution is 2.46. The van der Waals surface area contributed by atoms with Gasteiger partial charge in [-0.05, 0) is 31.9 Å². The predicted octanol–water partition coefficient (Wildman–Crippen LogP) is 3.98. The van der Waals surface area contributed by atoms with Crippen LogP contribution in [0, 0.1) is 0 Å². The molecule has 138 valence electrons. The lowest BCUT2D eigenvalue weighted by atomic mass is 9.96. The van der Waals surface area contributed by atoms with Crippen LogP contribution < -0.4 is 0 Å². The molecule has 1 saturated heterocycles. The second-order valence-corrected chi connectivity index (χ2v) is 8.46. The molecular formula is C19H21NO5S. The Kier molecular flexibility index (Phi) is 4.77. The third-order valence-electron chi connectivity index (χ3n) is 3.85. The first kappa shape index (κ1) is 18.4. The van der Waals surface area contributed by atoms with Gasteiger partial charge in [0.05, 0.1) is 0 Å². The summed E-state index contributed by atoms with van der Waals surface area (Å²) in [5.74, 6) is 0. The molecule has 0 bridgehead atoms. The van der Waals surface area contributed by atoms with E-state index in [0.717, 1.165) is 0 Å². The fourth-order valence-corrected chi connectivity index (χ4v) is 4.15. The molecule has 1 unspecified atom stereocenters. The molecule has 26 heavy (non-hydrogen) atoms. The van der Waals surface area contributed by atoms with Crippen LogP contribution in [0.3, 0.4) is 0 Å². The maximum Gasteiger partial charge on any atom is 0.426 e. The fraction of sp³-hybridized carbons (Fsp3) is 0.316. The number of rotatable bonds is 2. The van der Waals surface area contributed by atoms with Crippen molar-refractivity contribution < 1.29 is 22.1 Å². The average Bonchev–Trinajstić information content (AvgIpc) is 2.86. The predicted molar refractivity (Wildman–Crippen MR) is 96.4 cm³/mol. The lowest BCUT2D eigenvalue weighted by Gasteiger charge is -2.27. The number of amides is 1. The molecule has 1 heterocycles. The van der Waals surface area contributed by atoms with E-state index in [2.05, 4.69) is 0 Å². The van der Waals surface area contributed by atoms with Gasteiger partial charge in [-0.3, -0.25) is 0 Å². The van der Waals surface area contributed by atoms with Crippen molar-refractivity contribution >= 4 is 16.4 Å². The van der Waals surface area contributed by atoms with Crippen molar-refractivity contribution in [2.24, 2.45) is 0 Å². The van der Waals surface area contributed by atoms with Crippen molar-refractivity contribution in [2.75, 3.05) is 0 Å². The topological polar surface area (TPSA) is 72.9 Å². The quantitative estimate of drug-likeness (QED) is 0.794. The van der Waals surface area contributed by atoms with Crippen molar-refractivity contribution in [1.82, 2.24) is 4.31 Å². The number of ether oxygens (including phenoxy) is 1. The fourth-order valence-electron chi connectivity index (χ4n) is 2.84. The van der Waals surface area contributed by atoms with E-state index in [4.69, 9.17) is 8.92 Å². The van der Waals surface area contributed by atoms with Crippen LogP contribution in [0.1, 0.15) is 44.0 Å². The standard InChI is InChI=1S/C19H21NO5S/c1-19(2,3)24-18(21)20-16(14-10-6-4-7-11-14)17(25-26(20,22)23)15-12-8-5-9-13-15/h4-13,16-17H,1-3H3/t16?,17-/m0/s1. The SMILES string of the molecule is CC(C)(C)OC(=O)N1C(c2ccccc2)[C@H](c2ccccc2)OS1(=O)=O. The Balaban J connectivity index is 2.10. The van der Waals surface area contributed by atoms with E-state index in [0.29, 0.717) is 15.4 Å². The summed E-state index contributed by atoms with van der Waals surface area (Å²) in [6.07, 6.45) is -1.80. The summed E-state index contributed by atoms with van der Waals surface area (Å²) < 4.78 is 36.7. The highest BCUT2D eigenvalue weighted by molar-refractivity contribution is 7.85. The van der Waals surface area contributed by atoms with E-state index in [9.17, 15) is 13.2 Å². The highest BCUT2D eigenvalue weighted by Gasteiger charge is 2.52. The molecule has 1 aliphatic heterocycles. The van der Waals surface area contributed by atoms with Crippen molar-refractivity contribution in [1.29, 1.82) is 0 Å². The van der Waals surface area contributed by atoms with Crippen molar-refractivity contribution in [2.45, 2.75) is 38.5 Å². The first-order valence-electron chi connectivity index (χ1n) is 8.24. The van der Waals surface area contributed by atoms with E-state index in [1.165, 1.54) is 0 Å². The van der Waals surface area contributed by atoms with Gasteiger partial charge in [-0.2, -0.15) is 12.7 Å². The van der Waals surface area contributed by atoms with Crippen molar-refractivity contribution in [3.8, 4) is 0 Å². The number of benzene rings is 2. The van der Waals surface area contributed by atoms with Gasteiger partial charge in [-0.25, -0.2) is 8.98 Å². The molecule has 0 aliphatic carbocycles. The molecule has 0 radical (unpaired) electrons. The van der Waals surface area contributed by atoms with E-state index in [1.54, 1.807) is 69.3 Å². The maximum atomic E-state index is 12.7. The van der Waals surface area contributed by atoms with Crippen LogP contribution in [0.4, 0.5) is 4.79 Å². The smallest absolute Gasteiger partial charge is 0.426 e. The normalized spacial score (nSPS) is 22.2. The van der Waals surface area contributed by atoms with Crippen LogP contribution >= 0.6 is 0 Å². The Bertz CT molecular complexity index is 875. The molecule has 1 aliphatic rings. The van der Waals surface area contributed by atoms with Gasteiger partial charge in [0, 0.05) is 0 Å². The summed E-state index contributed by atoms with van der Waals surface area (Å²) in [6.45, 7) is 5.04. The maximum absolute atomic E-state index is 12.7. The molecule has 3 rings (SSSR count). The van der Waals surface area contributed by atoms with Crippen LogP contribution in [0.15, 0.2) is 60.7 Å². The number of carbonyl (C=O) groups excluding carboxylic acids is 1. The van der Waals surface area contributed by atoms with E-state index in [1.807, 2.05) is 12.1 Å². The molecule has 2 aromatic carbocycles. The third-order valence-corrected chi connectivity index (χ3v) is 5.16. The van der Waals surface area contributed by atoms with Gasteiger partial charge in [0.2, 0.25) is 0 Å². The molecule has 2 atom stereocenters. The summed E-state index contributed by atoms with van der Waals surface area (Å²) >= 11 is 0. The van der Waals surface area contributed by atoms with Gasteiger partial charge < -0.3 is 4.74 Å². The summed E-state index contributed by atoms with van der Waals surface area (Å²) in [4.78, 5) is 12.7. The molecule has 6 nitrogen and oxygen atoms in total. The molecule has 0 aromatic heterocycles. The number of hydrogen-bond donors (Lipinski definition) is 0. The lowest BCUT2D eigenvalue weighted by Crippen LogP contribution is -2.39. The summed E-state index contributed by atoms with van der Waals surface area (Å²) in [5, 5.41) is 0. The highest BCUT2D eigenvalue weighted by atomic mass is 32.2. The average molecular weight is 375 g/mol. The van der Waals surface area contributed by atoms with Gasteiger partial charge in [0.25, 0.3) is 0 Å². The van der Waals surface area contributed by atoms with Gasteiger partial charge in [0.15, 0.2) is 0 Å². The van der Waals surface area contributed by atoms with Gasteiger partial charge in [-0.1, -0.05) is 60.7 Å². The van der Waals surface area contributed by atoms with Gasteiger partial charge >= 0.3 is 16.4 Å². The Hall–Kier alpha value is -2.38. The van der Waals surface area contributed by atoms with Gasteiger partial charge in [0.1, 0.15) is 17.7 Å². The van der Waals surface area contributed by atoms with E-state index in [-0.39, 0.29) is 0 Å². The number of carbonyl (C=O) groups is 1. The molecule has 0 N–H and O–H groups in total. The Labute approximate surface area is 153 Å². The third kappa shape index (κ3) is 3.73. The van der Waals surface area contributed by atoms with Crippen LogP contribution in [-0.2, 0) is 19.2 Å². The van der Waals surface area contributed by atoms with Crippen LogP contribution in [0.2, 0.25) is 0 Å². The monoisotopic (exact) mass is 375 g/mol. The van der Waals surface area contributed by atoms with Crippen molar-refractivity contribution in [3.63, 3.8) is 0 Å². The second kappa shape index (κ2) is 6.74. The zero-order chi connectivity index (χ0) is 18.9. The first-order valence-corrected chi connectivity index (χ1v) is 9.61. The Morgan fingerprint density at radius 2 is 1.46 bits per heavy atom. The van der Waals surface area contributed by atoms with Crippen LogP contribution in [-0.4, -0.2) is 24.4 Å². The van der Waals surface area contributed by atoms with Crippen molar-refractivity contribution in [3.05, 3.63) is 71.8 Å². The molecular weight excluding hydrogens is 354 g/mol. The largest absolute Gasteiger partial charge is 0.443 e. The zero-order valence-electron chi connectivity index (χ0n) is 14.8. The van der Waals surface area contributed by atoms with Gasteiger partial charge in [-0.15, -0.1) is 0 Å². The van der Waals surface area contributed by atoms with Crippen LogP contribution in [0.25, 0.3) is 0 Å². The number of hydrogen-bond acceptors (Lipinski definition) is 5. The lowest BCUT2D eigenvalue weighted by molar-refractivity contribution is 0.0333. The minimum Gasteiger partial charge on any atom is -0.443 e. The molecule has 0 saturated carbocycles. The first-order chi connectivity index (χ1) is 12.2. The van der Waals surface area contributed by atoms with Crippen LogP contribution in [0.5, 0.6) is 0 Å². The molecule has 7 heteroatoms. The Morgan fingerprint density at radius 1 is 0.962 bits per heavy atom. The molecule has 0 spiro atoms. The molecule has 1 amide bonds. The second-order valence-electron chi connectivity index (χ2n) is 7.02.